The van der Waals surface area contributed by atoms with Gasteiger partial charge in [-0.15, -0.1) is 6.58 Å². The second-order valence-electron chi connectivity index (χ2n) is 1.58. The Kier molecular flexibility index (Phi) is 3.67. The summed E-state index contributed by atoms with van der Waals surface area (Å²) in [5.74, 6) is -2.68. The van der Waals surface area contributed by atoms with Crippen LogP contribution in [0.25, 0.3) is 0 Å². The lowest BCUT2D eigenvalue weighted by atomic mass is 10.6. The molecule has 0 heterocycles. The van der Waals surface area contributed by atoms with Crippen LogP contribution in [0.5, 0.6) is 0 Å². The summed E-state index contributed by atoms with van der Waals surface area (Å²) in [6.07, 6.45) is 0. The van der Waals surface area contributed by atoms with E-state index in [0.29, 0.717) is 0 Å². The Balaban J connectivity index is 3.17. The molecule has 0 atom stereocenters. The Bertz CT molecular complexity index is 87.1. The molecule has 0 unspecified atom stereocenters. The second kappa shape index (κ2) is 3.75. The van der Waals surface area contributed by atoms with Gasteiger partial charge in [-0.3, -0.25) is 0 Å². The molecule has 5 heteroatoms. The molecular formula is C4H10O4Si. The van der Waals surface area contributed by atoms with Crippen molar-refractivity contribution < 1.29 is 19.7 Å². The third-order valence-electron chi connectivity index (χ3n) is 0.531. The zero-order chi connectivity index (χ0) is 7.33. The van der Waals surface area contributed by atoms with Crippen LogP contribution in [0.2, 0.25) is 0 Å². The van der Waals surface area contributed by atoms with E-state index in [9.17, 15) is 0 Å². The number of aliphatic hydroxyl groups is 3. The number of hydrogen-bond acceptors (Lipinski definition) is 4. The first kappa shape index (κ1) is 8.80. The van der Waals surface area contributed by atoms with Crippen LogP contribution >= 0.6 is 0 Å². The van der Waals surface area contributed by atoms with Crippen molar-refractivity contribution in [2.45, 2.75) is 5.97 Å². The first-order valence-corrected chi connectivity index (χ1v) is 3.81. The molecule has 0 saturated carbocycles. The molecule has 0 aromatic carbocycles. The van der Waals surface area contributed by atoms with Crippen LogP contribution in [0, 0.1) is 0 Å². The van der Waals surface area contributed by atoms with E-state index in [1.807, 2.05) is 0 Å². The van der Waals surface area contributed by atoms with Gasteiger partial charge in [0.15, 0.2) is 9.76 Å². The molecular weight excluding hydrogens is 140 g/mol. The van der Waals surface area contributed by atoms with E-state index in [1.54, 1.807) is 5.70 Å². The molecule has 0 amide bonds. The Labute approximate surface area is 55.3 Å². The Morgan fingerprint density at radius 2 is 2.11 bits per heavy atom. The van der Waals surface area contributed by atoms with Gasteiger partial charge in [0.1, 0.15) is 6.61 Å². The highest BCUT2D eigenvalue weighted by Gasteiger charge is 2.16. The first-order chi connectivity index (χ1) is 4.06. The first-order valence-electron chi connectivity index (χ1n) is 2.42. The van der Waals surface area contributed by atoms with Crippen molar-refractivity contribution in [1.82, 2.24) is 0 Å². The molecule has 0 rings (SSSR count). The summed E-state index contributed by atoms with van der Waals surface area (Å²) in [5.41, 5.74) is 1.58. The summed E-state index contributed by atoms with van der Waals surface area (Å²) in [4.78, 5) is 0. The summed E-state index contributed by atoms with van der Waals surface area (Å²) >= 11 is 0. The molecule has 9 heavy (non-hydrogen) atoms. The summed E-state index contributed by atoms with van der Waals surface area (Å²) in [6, 6.07) is 0. The van der Waals surface area contributed by atoms with Crippen LogP contribution in [0.15, 0.2) is 12.3 Å². The Hall–Kier alpha value is -0.203. The van der Waals surface area contributed by atoms with Gasteiger partial charge in [0, 0.05) is 0 Å². The topological polar surface area (TPSA) is 69.9 Å². The third-order valence-corrected chi connectivity index (χ3v) is 1.21. The monoisotopic (exact) mass is 150 g/mol. The quantitative estimate of drug-likeness (QED) is 0.243. The van der Waals surface area contributed by atoms with Gasteiger partial charge < -0.3 is 19.7 Å². The molecule has 0 spiro atoms. The molecule has 0 fully saturated rings. The van der Waals surface area contributed by atoms with E-state index < -0.39 is 22.3 Å². The van der Waals surface area contributed by atoms with Crippen LogP contribution in [0.1, 0.15) is 0 Å². The zero-order valence-electron chi connectivity index (χ0n) is 4.95. The maximum Gasteiger partial charge on any atom is 0.298 e. The van der Waals surface area contributed by atoms with Crippen molar-refractivity contribution in [3.05, 3.63) is 12.3 Å². The lowest BCUT2D eigenvalue weighted by Gasteiger charge is -2.12. The van der Waals surface area contributed by atoms with Crippen molar-refractivity contribution in [2.75, 3.05) is 6.61 Å². The van der Waals surface area contributed by atoms with Crippen LogP contribution in [0.3, 0.4) is 0 Å². The predicted molar refractivity (Wildman–Crippen MR) is 34.1 cm³/mol. The van der Waals surface area contributed by atoms with Gasteiger partial charge in [0.25, 0.3) is 5.97 Å². The smallest absolute Gasteiger partial charge is 0.298 e. The minimum atomic E-state index is -2.68. The van der Waals surface area contributed by atoms with E-state index in [1.165, 1.54) is 0 Å². The minimum Gasteiger partial charge on any atom is -0.411 e. The summed E-state index contributed by atoms with van der Waals surface area (Å²) in [5, 5.41) is 24.7. The lowest BCUT2D eigenvalue weighted by molar-refractivity contribution is -0.322. The molecule has 4 nitrogen and oxygen atoms in total. The van der Waals surface area contributed by atoms with E-state index in [2.05, 4.69) is 11.0 Å². The zero-order valence-corrected chi connectivity index (χ0v) is 6.36. The lowest BCUT2D eigenvalue weighted by Crippen LogP contribution is -2.33. The van der Waals surface area contributed by atoms with Gasteiger partial charge in [-0.25, -0.2) is 0 Å². The molecule has 0 aliphatic heterocycles. The summed E-state index contributed by atoms with van der Waals surface area (Å²) in [7, 11) is -0.874. The Morgan fingerprint density at radius 3 is 2.44 bits per heavy atom. The highest BCUT2D eigenvalue weighted by atomic mass is 28.2. The molecule has 54 valence electrons. The maximum absolute atomic E-state index is 8.22. The van der Waals surface area contributed by atoms with Gasteiger partial charge in [-0.1, -0.05) is 5.70 Å². The van der Waals surface area contributed by atoms with Crippen LogP contribution in [-0.4, -0.2) is 37.7 Å². The van der Waals surface area contributed by atoms with Gasteiger partial charge in [0.2, 0.25) is 0 Å². The van der Waals surface area contributed by atoms with E-state index in [4.69, 9.17) is 15.3 Å². The van der Waals surface area contributed by atoms with E-state index in [-0.39, 0.29) is 0 Å². The molecule has 0 aliphatic carbocycles. The molecule has 0 aromatic heterocycles. The predicted octanol–water partition coefficient (Wildman–Crippen LogP) is -2.14. The molecule has 0 bridgehead atoms. The van der Waals surface area contributed by atoms with Gasteiger partial charge >= 0.3 is 0 Å². The average Bonchev–Trinajstić information content (AvgIpc) is 1.63. The van der Waals surface area contributed by atoms with Crippen molar-refractivity contribution in [1.29, 1.82) is 0 Å². The van der Waals surface area contributed by atoms with E-state index >= 15 is 0 Å². The summed E-state index contributed by atoms with van der Waals surface area (Å²) < 4.78 is 4.62. The average molecular weight is 150 g/mol. The SMILES string of the molecule is C=C[SiH2]OCC(O)(O)O. The molecule has 3 N–H and O–H groups in total. The maximum atomic E-state index is 8.22. The normalized spacial score (nSPS) is 12.8. The number of hydrogen-bond donors (Lipinski definition) is 3. The third kappa shape index (κ3) is 7.80. The van der Waals surface area contributed by atoms with Crippen LogP contribution in [0.4, 0.5) is 0 Å². The molecule has 0 aliphatic rings. The Morgan fingerprint density at radius 1 is 1.56 bits per heavy atom. The van der Waals surface area contributed by atoms with Gasteiger partial charge in [-0.05, 0) is 0 Å². The second-order valence-corrected chi connectivity index (χ2v) is 2.90. The van der Waals surface area contributed by atoms with Crippen molar-refractivity contribution in [2.24, 2.45) is 0 Å². The van der Waals surface area contributed by atoms with Crippen LogP contribution < -0.4 is 0 Å². The highest BCUT2D eigenvalue weighted by Crippen LogP contribution is 1.90. The minimum absolute atomic E-state index is 0.467. The molecule has 0 saturated heterocycles. The summed E-state index contributed by atoms with van der Waals surface area (Å²) in [6.45, 7) is 2.91. The fraction of sp³-hybridized carbons (Fsp3) is 0.500. The van der Waals surface area contributed by atoms with Gasteiger partial charge in [-0.2, -0.15) is 0 Å². The van der Waals surface area contributed by atoms with E-state index in [0.717, 1.165) is 0 Å². The van der Waals surface area contributed by atoms with Crippen LogP contribution in [-0.2, 0) is 4.43 Å². The molecule has 0 radical (unpaired) electrons. The fourth-order valence-corrected chi connectivity index (χ4v) is 0.838. The van der Waals surface area contributed by atoms with Crippen molar-refractivity contribution in [3.8, 4) is 0 Å². The highest BCUT2D eigenvalue weighted by molar-refractivity contribution is 6.34. The largest absolute Gasteiger partial charge is 0.411 e. The van der Waals surface area contributed by atoms with Crippen molar-refractivity contribution in [3.63, 3.8) is 0 Å². The van der Waals surface area contributed by atoms with Crippen molar-refractivity contribution >= 4 is 9.76 Å². The fourth-order valence-electron chi connectivity index (χ4n) is 0.279. The number of rotatable bonds is 4. The molecule has 0 aromatic rings. The standard InChI is InChI=1S/C4H10O4Si/c1-2-9-8-3-4(5,6)7/h2,5-7H,1,3,9H2. The van der Waals surface area contributed by atoms with Gasteiger partial charge in [0.05, 0.1) is 0 Å².